The highest BCUT2D eigenvalue weighted by Crippen LogP contribution is 2.26. The first kappa shape index (κ1) is 25.7. The van der Waals surface area contributed by atoms with E-state index in [1.807, 2.05) is 24.3 Å². The molecule has 0 radical (unpaired) electrons. The highest BCUT2D eigenvalue weighted by molar-refractivity contribution is 6.27. The van der Waals surface area contributed by atoms with E-state index in [-0.39, 0.29) is 36.2 Å². The Morgan fingerprint density at radius 3 is 2.76 bits per heavy atom. The number of ether oxygens (including phenoxy) is 1. The second kappa shape index (κ2) is 10.8. The molecule has 0 spiro atoms. The Hall–Kier alpha value is -3.90. The van der Waals surface area contributed by atoms with E-state index in [0.29, 0.717) is 17.9 Å². The second-order valence-electron chi connectivity index (χ2n) is 9.45. The number of hydrogen-bond donors (Lipinski definition) is 3. The number of carbonyl (C=O) groups is 1. The molecular weight excluding hydrogens is 510 g/mol. The van der Waals surface area contributed by atoms with Gasteiger partial charge in [0.15, 0.2) is 5.75 Å². The van der Waals surface area contributed by atoms with Gasteiger partial charge in [0.05, 0.1) is 12.1 Å². The number of halogens is 1. The Bertz CT molecular complexity index is 1530. The van der Waals surface area contributed by atoms with E-state index in [1.54, 1.807) is 22.2 Å². The number of rotatable bonds is 8. The number of hydrogen-bond acceptors (Lipinski definition) is 9. The van der Waals surface area contributed by atoms with Crippen molar-refractivity contribution in [3.05, 3.63) is 47.0 Å². The molecule has 3 N–H and O–H groups in total. The van der Waals surface area contributed by atoms with Gasteiger partial charge in [-0.3, -0.25) is 9.59 Å². The highest BCUT2D eigenvalue weighted by Gasteiger charge is 2.23. The number of aryl methyl sites for hydroxylation is 1. The van der Waals surface area contributed by atoms with Gasteiger partial charge in [-0.15, -0.1) is 11.6 Å². The van der Waals surface area contributed by atoms with Crippen molar-refractivity contribution >= 4 is 51.5 Å². The molecule has 12 nitrogen and oxygen atoms in total. The van der Waals surface area contributed by atoms with Crippen LogP contribution in [0.25, 0.3) is 16.7 Å². The molecule has 1 aliphatic heterocycles. The molecule has 2 atom stereocenters. The maximum Gasteiger partial charge on any atom is 0.293 e. The van der Waals surface area contributed by atoms with Crippen molar-refractivity contribution in [3.63, 3.8) is 0 Å². The lowest BCUT2D eigenvalue weighted by molar-refractivity contribution is -0.118. The summed E-state index contributed by atoms with van der Waals surface area (Å²) in [7, 11) is 1.70. The summed E-state index contributed by atoms with van der Waals surface area (Å²) in [6, 6.07) is 10.1. The maximum atomic E-state index is 12.8. The van der Waals surface area contributed by atoms with Crippen molar-refractivity contribution in [2.75, 3.05) is 42.3 Å². The number of carbonyl (C=O) groups excluding carboxylic acids is 1. The first-order valence-electron chi connectivity index (χ1n) is 12.4. The Kier molecular flexibility index (Phi) is 7.34. The van der Waals surface area contributed by atoms with Crippen molar-refractivity contribution in [1.82, 2.24) is 34.8 Å². The predicted octanol–water partition coefficient (Wildman–Crippen LogP) is 1.64. The average Bonchev–Trinajstić information content (AvgIpc) is 3.37. The topological polar surface area (TPSA) is 131 Å². The molecule has 3 aromatic heterocycles. The zero-order valence-corrected chi connectivity index (χ0v) is 22.2. The van der Waals surface area contributed by atoms with Gasteiger partial charge in [-0.2, -0.15) is 19.6 Å². The number of anilines is 3. The molecule has 0 saturated carbocycles. The molecule has 4 aromatic rings. The smallest absolute Gasteiger partial charge is 0.293 e. The van der Waals surface area contributed by atoms with Crippen molar-refractivity contribution in [3.8, 4) is 5.75 Å². The van der Waals surface area contributed by atoms with E-state index in [2.05, 4.69) is 44.8 Å². The average molecular weight is 540 g/mol. The van der Waals surface area contributed by atoms with Crippen molar-refractivity contribution in [1.29, 1.82) is 0 Å². The van der Waals surface area contributed by atoms with Crippen molar-refractivity contribution in [2.24, 2.45) is 7.05 Å². The molecule has 0 aliphatic carbocycles. The summed E-state index contributed by atoms with van der Waals surface area (Å²) in [6.45, 7) is 6.39. The van der Waals surface area contributed by atoms with Gasteiger partial charge in [0.2, 0.25) is 5.91 Å². The van der Waals surface area contributed by atoms with E-state index in [9.17, 15) is 9.59 Å². The van der Waals surface area contributed by atoms with E-state index in [0.717, 1.165) is 41.3 Å². The lowest BCUT2D eigenvalue weighted by Crippen LogP contribution is -2.54. The lowest BCUT2D eigenvalue weighted by atomic mass is 10.1. The third-order valence-corrected chi connectivity index (χ3v) is 6.63. The third kappa shape index (κ3) is 5.36. The van der Waals surface area contributed by atoms with Gasteiger partial charge in [0.1, 0.15) is 30.4 Å². The number of piperazine rings is 1. The molecule has 0 unspecified atom stereocenters. The number of nitrogens with zero attached hydrogens (tertiary/aromatic N) is 6. The fraction of sp³-hybridized carbons (Fsp3) is 0.400. The van der Waals surface area contributed by atoms with Crippen LogP contribution in [0, 0.1) is 0 Å². The van der Waals surface area contributed by atoms with Crippen molar-refractivity contribution in [2.45, 2.75) is 25.9 Å². The molecule has 1 aromatic carbocycles. The van der Waals surface area contributed by atoms with Crippen LogP contribution in [0.3, 0.4) is 0 Å². The van der Waals surface area contributed by atoms with Crippen LogP contribution in [0.15, 0.2) is 41.5 Å². The summed E-state index contributed by atoms with van der Waals surface area (Å²) in [5.41, 5.74) is 1.30. The van der Waals surface area contributed by atoms with E-state index >= 15 is 0 Å². The molecule has 4 heterocycles. The largest absolute Gasteiger partial charge is 0.486 e. The van der Waals surface area contributed by atoms with Crippen LogP contribution >= 0.6 is 11.6 Å². The van der Waals surface area contributed by atoms with Crippen LogP contribution in [-0.4, -0.2) is 74.3 Å². The standard InChI is InChI=1S/C25H30ClN9O3/c1-15-12-34(13-16(2)30-15)21-10-22(35-25(32-21)28-14-29-35)31-18-4-5-19-17(8-18)9-20(24(37)33(19)3)38-7-6-27-23(36)11-26/h4-5,8-10,14-16,30-31H,6-7,11-13H2,1-3H3,(H,27,36)/t15-,16+. The molecule has 13 heteroatoms. The minimum Gasteiger partial charge on any atom is -0.486 e. The molecule has 1 amide bonds. The number of fused-ring (bicyclic) bond motifs is 2. The van der Waals surface area contributed by atoms with Gasteiger partial charge in [0.25, 0.3) is 11.3 Å². The molecule has 38 heavy (non-hydrogen) atoms. The molecule has 1 saturated heterocycles. The van der Waals surface area contributed by atoms with Gasteiger partial charge < -0.3 is 30.2 Å². The number of benzene rings is 1. The van der Waals surface area contributed by atoms with Crippen LogP contribution in [0.4, 0.5) is 17.3 Å². The number of pyridine rings is 1. The SMILES string of the molecule is C[C@@H]1CN(c2cc(Nc3ccc4c(c3)cc(OCCNC(=O)CCl)c(=O)n4C)n3ncnc3n2)C[C@H](C)N1. The zero-order chi connectivity index (χ0) is 26.8. The molecule has 1 fully saturated rings. The second-order valence-corrected chi connectivity index (χ2v) is 9.72. The van der Waals surface area contributed by atoms with Gasteiger partial charge in [-0.25, -0.2) is 0 Å². The Morgan fingerprint density at radius 2 is 2.00 bits per heavy atom. The minimum absolute atomic E-state index is 0.124. The fourth-order valence-corrected chi connectivity index (χ4v) is 4.84. The highest BCUT2D eigenvalue weighted by atomic mass is 35.5. The zero-order valence-electron chi connectivity index (χ0n) is 21.4. The summed E-state index contributed by atoms with van der Waals surface area (Å²) < 4.78 is 8.87. The molecular formula is C25H30ClN9O3. The summed E-state index contributed by atoms with van der Waals surface area (Å²) in [5.74, 6) is 1.83. The van der Waals surface area contributed by atoms with Crippen LogP contribution in [-0.2, 0) is 11.8 Å². The lowest BCUT2D eigenvalue weighted by Gasteiger charge is -2.37. The summed E-state index contributed by atoms with van der Waals surface area (Å²) in [5, 5.41) is 14.8. The number of nitrogens with one attached hydrogen (secondary N) is 3. The van der Waals surface area contributed by atoms with Gasteiger partial charge >= 0.3 is 0 Å². The van der Waals surface area contributed by atoms with E-state index in [4.69, 9.17) is 21.3 Å². The third-order valence-electron chi connectivity index (χ3n) is 6.39. The predicted molar refractivity (Wildman–Crippen MR) is 147 cm³/mol. The monoisotopic (exact) mass is 539 g/mol. The molecule has 1 aliphatic rings. The van der Waals surface area contributed by atoms with Crippen LogP contribution < -0.4 is 31.1 Å². The summed E-state index contributed by atoms with van der Waals surface area (Å²) >= 11 is 5.49. The Labute approximate surface area is 224 Å². The van der Waals surface area contributed by atoms with Crippen LogP contribution in [0.1, 0.15) is 13.8 Å². The van der Waals surface area contributed by atoms with E-state index in [1.165, 1.54) is 6.33 Å². The summed E-state index contributed by atoms with van der Waals surface area (Å²) in [4.78, 5) is 35.4. The Morgan fingerprint density at radius 1 is 1.21 bits per heavy atom. The van der Waals surface area contributed by atoms with Gasteiger partial charge in [-0.1, -0.05) is 0 Å². The Balaban J connectivity index is 1.43. The normalized spacial score (nSPS) is 17.6. The van der Waals surface area contributed by atoms with Gasteiger partial charge in [0, 0.05) is 49.4 Å². The van der Waals surface area contributed by atoms with Crippen LogP contribution in [0.5, 0.6) is 5.75 Å². The van der Waals surface area contributed by atoms with Gasteiger partial charge in [-0.05, 0) is 38.1 Å². The maximum absolute atomic E-state index is 12.8. The number of alkyl halides is 1. The minimum atomic E-state index is -0.292. The van der Waals surface area contributed by atoms with E-state index < -0.39 is 0 Å². The fourth-order valence-electron chi connectivity index (χ4n) is 4.75. The molecule has 200 valence electrons. The summed E-state index contributed by atoms with van der Waals surface area (Å²) in [6.07, 6.45) is 1.48. The quantitative estimate of drug-likeness (QED) is 0.226. The molecule has 0 bridgehead atoms. The van der Waals surface area contributed by atoms with Crippen molar-refractivity contribution < 1.29 is 9.53 Å². The number of amides is 1. The molecule has 5 rings (SSSR count). The number of aromatic nitrogens is 5. The first-order valence-corrected chi connectivity index (χ1v) is 12.9. The van der Waals surface area contributed by atoms with Crippen LogP contribution in [0.2, 0.25) is 0 Å². The first-order chi connectivity index (χ1) is 18.3.